The van der Waals surface area contributed by atoms with E-state index in [1.807, 2.05) is 46.6 Å². The smallest absolute Gasteiger partial charge is 0.318 e. The quantitative estimate of drug-likeness (QED) is 0.0527. The molecule has 15 nitrogen and oxygen atoms in total. The summed E-state index contributed by atoms with van der Waals surface area (Å²) in [4.78, 5) is 66.7. The summed E-state index contributed by atoms with van der Waals surface area (Å²) >= 11 is 0. The zero-order chi connectivity index (χ0) is 67.9. The van der Waals surface area contributed by atoms with Gasteiger partial charge in [0.25, 0.3) is 6.47 Å². The van der Waals surface area contributed by atoms with Gasteiger partial charge in [-0.05, 0) is 199 Å². The number of hydrogen-bond donors (Lipinski definition) is 2. The number of fused-ring (bicyclic) bond motifs is 3. The minimum Gasteiger partial charge on any atom is -0.508 e. The van der Waals surface area contributed by atoms with E-state index < -0.39 is 5.82 Å². The molecule has 92 heavy (non-hydrogen) atoms. The van der Waals surface area contributed by atoms with Crippen molar-refractivity contribution in [3.8, 4) is 23.0 Å². The van der Waals surface area contributed by atoms with Crippen molar-refractivity contribution in [3.05, 3.63) is 77.0 Å². The summed E-state index contributed by atoms with van der Waals surface area (Å²) in [6.45, 7) is 30.2. The van der Waals surface area contributed by atoms with Gasteiger partial charge in [0.05, 0.1) is 12.5 Å². The summed E-state index contributed by atoms with van der Waals surface area (Å²) in [7, 11) is 4.38. The second kappa shape index (κ2) is 41.5. The number of nitrogens with zero attached hydrogens (tertiary/aromatic N) is 7. The van der Waals surface area contributed by atoms with Crippen molar-refractivity contribution in [3.63, 3.8) is 0 Å². The normalized spacial score (nSPS) is 17.3. The summed E-state index contributed by atoms with van der Waals surface area (Å²) in [5, 5.41) is 18.9. The molecule has 5 atom stereocenters. The first kappa shape index (κ1) is 78.3. The topological polar surface area (TPSA) is 179 Å². The van der Waals surface area contributed by atoms with Crippen molar-refractivity contribution in [2.75, 3.05) is 76.9 Å². The Morgan fingerprint density at radius 1 is 0.804 bits per heavy atom. The number of benzene rings is 3. The number of aliphatic hydroxyl groups is 1. The Labute approximate surface area is 550 Å². The number of ketones is 2. The third kappa shape index (κ3) is 22.8. The highest BCUT2D eigenvalue weighted by molar-refractivity contribution is 6.02. The van der Waals surface area contributed by atoms with Crippen LogP contribution in [0.4, 0.5) is 20.3 Å². The molecule has 4 aliphatic rings. The van der Waals surface area contributed by atoms with Crippen molar-refractivity contribution in [1.29, 1.82) is 0 Å². The fourth-order valence-electron chi connectivity index (χ4n) is 13.3. The molecule has 5 unspecified atom stereocenters. The van der Waals surface area contributed by atoms with E-state index in [1.165, 1.54) is 133 Å². The fourth-order valence-corrected chi connectivity index (χ4v) is 13.3. The number of rotatable bonds is 25. The number of aromatic hydroxyl groups is 1. The Morgan fingerprint density at radius 3 is 2.14 bits per heavy atom. The maximum absolute atomic E-state index is 16.0. The number of carbonyl (C=O) groups excluding carboxylic acids is 4. The highest BCUT2D eigenvalue weighted by Gasteiger charge is 2.36. The molecule has 2 aromatic heterocycles. The van der Waals surface area contributed by atoms with E-state index in [2.05, 4.69) is 82.5 Å². The van der Waals surface area contributed by atoms with Gasteiger partial charge in [0.1, 0.15) is 46.8 Å². The number of amides is 1. The number of halogens is 2. The lowest BCUT2D eigenvalue weighted by Gasteiger charge is -2.35. The third-order valence-corrected chi connectivity index (χ3v) is 18.8. The van der Waals surface area contributed by atoms with Crippen molar-refractivity contribution in [1.82, 2.24) is 24.8 Å². The van der Waals surface area contributed by atoms with E-state index in [1.54, 1.807) is 19.2 Å². The van der Waals surface area contributed by atoms with Crippen LogP contribution in [0.15, 0.2) is 48.7 Å². The number of carbonyl (C=O) groups is 4. The van der Waals surface area contributed by atoms with Crippen LogP contribution < -0.4 is 14.5 Å². The number of pyridine rings is 1. The lowest BCUT2D eigenvalue weighted by Crippen LogP contribution is -2.36. The van der Waals surface area contributed by atoms with Gasteiger partial charge in [-0.25, -0.2) is 8.78 Å². The van der Waals surface area contributed by atoms with E-state index in [0.29, 0.717) is 96.0 Å². The molecule has 0 aliphatic carbocycles. The molecule has 17 heteroatoms. The molecule has 0 radical (unpaired) electrons. The number of anilines is 2. The van der Waals surface area contributed by atoms with Crippen LogP contribution in [0, 0.1) is 36.3 Å². The molecule has 5 aromatic rings. The van der Waals surface area contributed by atoms with Gasteiger partial charge in [-0.15, -0.1) is 0 Å². The Kier molecular flexibility index (Phi) is 35.3. The SMILES string of the molecule is CC.CCCC(=O)C(C)CCC(C)=O.CCCC(=O)N(C)c1cc(C2CCN(CC(CCC)CCC(C)CC)CC2)ccc1C.CCc1c(F)ccc2cc(O)cc(-c3ncc4c(N5CCCCC5)nc(OC)nc4c3F)c12.CO.O=COCC1CCC2CCCN21. The lowest BCUT2D eigenvalue weighted by molar-refractivity contribution is -0.130. The van der Waals surface area contributed by atoms with Crippen LogP contribution >= 0.6 is 0 Å². The highest BCUT2D eigenvalue weighted by atomic mass is 19.1. The first-order valence-electron chi connectivity index (χ1n) is 34.9. The highest BCUT2D eigenvalue weighted by Crippen LogP contribution is 2.40. The van der Waals surface area contributed by atoms with Crippen LogP contribution in [0.25, 0.3) is 32.9 Å². The average Bonchev–Trinajstić information content (AvgIpc) is 0.935. The summed E-state index contributed by atoms with van der Waals surface area (Å²) in [6.07, 6.45) is 23.9. The number of phenolic OH excluding ortho intramolecular Hbond substituents is 1. The molecular formula is C75H115F2N7O8. The summed E-state index contributed by atoms with van der Waals surface area (Å²) < 4.78 is 40.7. The average molecular weight is 1280 g/mol. The summed E-state index contributed by atoms with van der Waals surface area (Å²) in [5.41, 5.74) is 4.53. The van der Waals surface area contributed by atoms with Crippen molar-refractivity contribution in [2.24, 2.45) is 17.8 Å². The number of ether oxygens (including phenoxy) is 2. The van der Waals surface area contributed by atoms with E-state index >= 15 is 4.39 Å². The summed E-state index contributed by atoms with van der Waals surface area (Å²) in [5.74, 6) is 2.59. The van der Waals surface area contributed by atoms with Gasteiger partial charge >= 0.3 is 6.01 Å². The standard InChI is InChI=1S/C28H48N2O.C25H24F2N4O2.C10H18O2.C9H15NO2.C2H6.CH4O/c1-7-10-24(14-12-22(4)9-3)21-30-18-16-25(17-19-30)26-15-13-23(5)27(20-26)29(6)28(31)11-8-2;1-3-16-19(26)8-7-14-11-15(32)12-17(20(14)16)22-21(27)23-18(13-28-22)24(30-25(29-23)33-2)31-9-5-4-6-10-31;1-4-5-10(12)8(2)6-7-9(3)11;11-7-12-6-9-4-3-8-2-1-5-10(8)9;2*1-2/h13,15,20,22,24-25H,7-12,14,16-19,21H2,1-6H3;7-8,11-13,32H,3-6,9-10H2,1-2H3;8H,4-7H2,1-3H3;7-9H,1-6H2;1-2H3;2H,1H3. The zero-order valence-corrected chi connectivity index (χ0v) is 58.7. The lowest BCUT2D eigenvalue weighted by atomic mass is 9.87. The van der Waals surface area contributed by atoms with Crippen molar-refractivity contribution < 1.29 is 47.6 Å². The van der Waals surface area contributed by atoms with Crippen LogP contribution in [-0.2, 0) is 30.3 Å². The molecule has 6 heterocycles. The van der Waals surface area contributed by atoms with Gasteiger partial charge in [0.15, 0.2) is 5.82 Å². The number of hydrogen-bond acceptors (Lipinski definition) is 14. The van der Waals surface area contributed by atoms with Gasteiger partial charge in [-0.1, -0.05) is 99.8 Å². The van der Waals surface area contributed by atoms with E-state index in [9.17, 15) is 28.7 Å². The molecule has 4 saturated heterocycles. The summed E-state index contributed by atoms with van der Waals surface area (Å²) in [6, 6.07) is 14.1. The minimum atomic E-state index is -0.662. The monoisotopic (exact) mass is 1280 g/mol. The van der Waals surface area contributed by atoms with Gasteiger partial charge in [-0.2, -0.15) is 9.97 Å². The van der Waals surface area contributed by atoms with Crippen LogP contribution in [-0.4, -0.2) is 138 Å². The maximum atomic E-state index is 16.0. The first-order valence-corrected chi connectivity index (χ1v) is 34.9. The van der Waals surface area contributed by atoms with Gasteiger partial charge < -0.3 is 39.2 Å². The molecule has 4 fully saturated rings. The molecule has 0 saturated carbocycles. The Bertz CT molecular complexity index is 3040. The van der Waals surface area contributed by atoms with Gasteiger partial charge in [0, 0.05) is 88.5 Å². The van der Waals surface area contributed by atoms with Crippen LogP contribution in [0.5, 0.6) is 11.8 Å². The Hall–Kier alpha value is -6.17. The number of likely N-dealkylation sites (tertiary alicyclic amines) is 1. The largest absolute Gasteiger partial charge is 0.508 e. The number of aryl methyl sites for hydroxylation is 2. The molecule has 512 valence electrons. The number of methoxy groups -OCH3 is 1. The van der Waals surface area contributed by atoms with Crippen LogP contribution in [0.3, 0.4) is 0 Å². The molecular weight excluding hydrogens is 1160 g/mol. The Balaban J connectivity index is 0.000000280. The molecule has 0 bridgehead atoms. The zero-order valence-electron chi connectivity index (χ0n) is 58.7. The third-order valence-electron chi connectivity index (χ3n) is 18.8. The van der Waals surface area contributed by atoms with E-state index in [-0.39, 0.29) is 46.4 Å². The van der Waals surface area contributed by atoms with Crippen LogP contribution in [0.2, 0.25) is 0 Å². The van der Waals surface area contributed by atoms with Crippen LogP contribution in [0.1, 0.15) is 220 Å². The number of phenols is 1. The number of Topliss-reactive ketones (excluding diaryl/α,β-unsaturated/α-hetero) is 2. The molecule has 9 rings (SSSR count). The Morgan fingerprint density at radius 2 is 1.51 bits per heavy atom. The van der Waals surface area contributed by atoms with Crippen molar-refractivity contribution in [2.45, 2.75) is 229 Å². The second-order valence-electron chi connectivity index (χ2n) is 25.4. The minimum absolute atomic E-state index is 0.00551. The number of aromatic nitrogens is 3. The van der Waals surface area contributed by atoms with Gasteiger partial charge in [0.2, 0.25) is 5.91 Å². The van der Waals surface area contributed by atoms with E-state index in [0.717, 1.165) is 75.9 Å². The number of aliphatic hydroxyl groups excluding tert-OH is 1. The fraction of sp³-hybridized carbons (Fsp3) is 0.640. The molecule has 0 spiro atoms. The molecule has 3 aromatic carbocycles. The molecule has 4 aliphatic heterocycles. The first-order chi connectivity index (χ1) is 44.4. The predicted octanol–water partition coefficient (Wildman–Crippen LogP) is 16.4. The predicted molar refractivity (Wildman–Crippen MR) is 372 cm³/mol. The molecule has 2 N–H and O–H groups in total. The van der Waals surface area contributed by atoms with Gasteiger partial charge in [-0.3, -0.25) is 24.3 Å². The molecule has 1 amide bonds. The van der Waals surface area contributed by atoms with E-state index in [4.69, 9.17) is 14.6 Å². The number of piperidine rings is 2. The maximum Gasteiger partial charge on any atom is 0.318 e. The van der Waals surface area contributed by atoms with Crippen molar-refractivity contribution >= 4 is 57.1 Å². The second-order valence-corrected chi connectivity index (χ2v) is 25.4.